The third-order valence-corrected chi connectivity index (χ3v) is 3.14. The van der Waals surface area contributed by atoms with Crippen molar-refractivity contribution in [2.75, 3.05) is 11.3 Å². The van der Waals surface area contributed by atoms with Crippen molar-refractivity contribution in [2.24, 2.45) is 5.73 Å². The smallest absolute Gasteiger partial charge is 0.299 e. The molecule has 0 unspecified atom stereocenters. The lowest BCUT2D eigenvalue weighted by atomic mass is 10.2. The van der Waals surface area contributed by atoms with Gasteiger partial charge in [0.05, 0.1) is 5.69 Å². The van der Waals surface area contributed by atoms with Crippen LogP contribution < -0.4 is 15.2 Å². The molecule has 0 aliphatic rings. The first-order chi connectivity index (χ1) is 7.44. The van der Waals surface area contributed by atoms with E-state index in [1.807, 2.05) is 0 Å². The summed E-state index contributed by atoms with van der Waals surface area (Å²) in [5, 5.41) is 0. The Morgan fingerprint density at radius 3 is 2.75 bits per heavy atom. The normalized spacial score (nSPS) is 11.1. The van der Waals surface area contributed by atoms with E-state index in [0.29, 0.717) is 17.8 Å². The van der Waals surface area contributed by atoms with Crippen LogP contribution >= 0.6 is 12.2 Å². The van der Waals surface area contributed by atoms with E-state index in [9.17, 15) is 8.42 Å². The number of nitrogens with one attached hydrogen (secondary N) is 2. The van der Waals surface area contributed by atoms with Crippen LogP contribution in [-0.2, 0) is 10.2 Å². The molecule has 0 saturated heterocycles. The fourth-order valence-corrected chi connectivity index (χ4v) is 2.13. The summed E-state index contributed by atoms with van der Waals surface area (Å²) < 4.78 is 27.5. The molecule has 0 amide bonds. The highest BCUT2D eigenvalue weighted by atomic mass is 32.2. The summed E-state index contributed by atoms with van der Waals surface area (Å²) in [6.07, 6.45) is 0. The highest BCUT2D eigenvalue weighted by molar-refractivity contribution is 7.90. The van der Waals surface area contributed by atoms with Crippen LogP contribution in [-0.4, -0.2) is 20.0 Å². The largest absolute Gasteiger partial charge is 0.389 e. The Labute approximate surface area is 100 Å². The van der Waals surface area contributed by atoms with Gasteiger partial charge in [-0.2, -0.15) is 13.1 Å². The van der Waals surface area contributed by atoms with Gasteiger partial charge in [-0.1, -0.05) is 31.3 Å². The molecule has 7 heteroatoms. The van der Waals surface area contributed by atoms with Crippen LogP contribution in [0.4, 0.5) is 5.69 Å². The number of nitrogens with two attached hydrogens (primary N) is 1. The average molecular weight is 259 g/mol. The Kier molecular flexibility index (Phi) is 4.22. The highest BCUT2D eigenvalue weighted by Crippen LogP contribution is 2.11. The standard InChI is InChI=1S/C9H13N3O2S2/c1-2-11-16(13,14)12-8-5-3-4-7(6-8)9(10)15/h3-6,11-12H,2H2,1H3,(H2,10,15). The summed E-state index contributed by atoms with van der Waals surface area (Å²) in [5.74, 6) is 0. The van der Waals surface area contributed by atoms with E-state index >= 15 is 0 Å². The summed E-state index contributed by atoms with van der Waals surface area (Å²) in [6.45, 7) is 2.02. The average Bonchev–Trinajstić information content (AvgIpc) is 2.17. The lowest BCUT2D eigenvalue weighted by molar-refractivity contribution is 0.589. The summed E-state index contributed by atoms with van der Waals surface area (Å²) in [4.78, 5) is 0.226. The Morgan fingerprint density at radius 2 is 2.19 bits per heavy atom. The number of hydrogen-bond acceptors (Lipinski definition) is 3. The quantitative estimate of drug-likeness (QED) is 0.676. The van der Waals surface area contributed by atoms with Crippen LogP contribution in [0.5, 0.6) is 0 Å². The molecule has 0 aromatic heterocycles. The van der Waals surface area contributed by atoms with Crippen LogP contribution in [0.25, 0.3) is 0 Å². The number of hydrogen-bond donors (Lipinski definition) is 3. The predicted molar refractivity (Wildman–Crippen MR) is 68.5 cm³/mol. The molecule has 0 atom stereocenters. The van der Waals surface area contributed by atoms with E-state index in [1.165, 1.54) is 0 Å². The van der Waals surface area contributed by atoms with E-state index in [0.717, 1.165) is 0 Å². The molecule has 0 saturated carbocycles. The van der Waals surface area contributed by atoms with Crippen LogP contribution in [0.15, 0.2) is 24.3 Å². The van der Waals surface area contributed by atoms with Crippen LogP contribution in [0.1, 0.15) is 12.5 Å². The van der Waals surface area contributed by atoms with Gasteiger partial charge in [-0.3, -0.25) is 4.72 Å². The first-order valence-electron chi connectivity index (χ1n) is 4.62. The molecule has 0 heterocycles. The van der Waals surface area contributed by atoms with E-state index in [-0.39, 0.29) is 4.99 Å². The zero-order valence-corrected chi connectivity index (χ0v) is 10.4. The third-order valence-electron chi connectivity index (χ3n) is 1.73. The second-order valence-electron chi connectivity index (χ2n) is 3.05. The van der Waals surface area contributed by atoms with Crippen molar-refractivity contribution >= 4 is 33.1 Å². The molecule has 5 nitrogen and oxygen atoms in total. The monoisotopic (exact) mass is 259 g/mol. The Balaban J connectivity index is 2.90. The maximum absolute atomic E-state index is 11.4. The van der Waals surface area contributed by atoms with Crippen molar-refractivity contribution in [3.63, 3.8) is 0 Å². The van der Waals surface area contributed by atoms with Gasteiger partial charge in [-0.05, 0) is 12.1 Å². The number of rotatable bonds is 5. The molecule has 0 aliphatic carbocycles. The van der Waals surface area contributed by atoms with E-state index in [1.54, 1.807) is 31.2 Å². The zero-order valence-electron chi connectivity index (χ0n) is 8.73. The van der Waals surface area contributed by atoms with Crippen molar-refractivity contribution < 1.29 is 8.42 Å². The van der Waals surface area contributed by atoms with Crippen molar-refractivity contribution in [1.82, 2.24) is 4.72 Å². The molecule has 0 bridgehead atoms. The number of thiocarbonyl (C=S) groups is 1. The molecular formula is C9H13N3O2S2. The van der Waals surface area contributed by atoms with Gasteiger partial charge in [-0.15, -0.1) is 0 Å². The lowest BCUT2D eigenvalue weighted by Crippen LogP contribution is -2.29. The van der Waals surface area contributed by atoms with E-state index < -0.39 is 10.2 Å². The van der Waals surface area contributed by atoms with Gasteiger partial charge >= 0.3 is 0 Å². The maximum atomic E-state index is 11.4. The minimum atomic E-state index is -3.51. The first kappa shape index (κ1) is 12.9. The molecule has 0 aliphatic heterocycles. The Morgan fingerprint density at radius 1 is 1.50 bits per heavy atom. The maximum Gasteiger partial charge on any atom is 0.299 e. The summed E-state index contributed by atoms with van der Waals surface area (Å²) in [5.41, 5.74) is 6.48. The van der Waals surface area contributed by atoms with Crippen LogP contribution in [0.3, 0.4) is 0 Å². The fraction of sp³-hybridized carbons (Fsp3) is 0.222. The van der Waals surface area contributed by atoms with Crippen molar-refractivity contribution in [2.45, 2.75) is 6.92 Å². The number of benzene rings is 1. The number of anilines is 1. The predicted octanol–water partition coefficient (Wildman–Crippen LogP) is 0.587. The molecule has 16 heavy (non-hydrogen) atoms. The SMILES string of the molecule is CCNS(=O)(=O)Nc1cccc(C(N)=S)c1. The summed E-state index contributed by atoms with van der Waals surface area (Å²) >= 11 is 4.80. The second-order valence-corrected chi connectivity index (χ2v) is 4.99. The van der Waals surface area contributed by atoms with E-state index in [4.69, 9.17) is 18.0 Å². The van der Waals surface area contributed by atoms with Gasteiger partial charge in [0.15, 0.2) is 0 Å². The minimum absolute atomic E-state index is 0.226. The van der Waals surface area contributed by atoms with Crippen molar-refractivity contribution in [3.05, 3.63) is 29.8 Å². The molecule has 88 valence electrons. The topological polar surface area (TPSA) is 84.2 Å². The Bertz CT molecular complexity index is 485. The van der Waals surface area contributed by atoms with Gasteiger partial charge in [0.1, 0.15) is 4.99 Å². The van der Waals surface area contributed by atoms with Crippen LogP contribution in [0.2, 0.25) is 0 Å². The molecule has 0 fully saturated rings. The Hall–Kier alpha value is -1.18. The first-order valence-corrected chi connectivity index (χ1v) is 6.51. The van der Waals surface area contributed by atoms with E-state index in [2.05, 4.69) is 9.44 Å². The summed E-state index contributed by atoms with van der Waals surface area (Å²) in [7, 11) is -3.51. The summed E-state index contributed by atoms with van der Waals surface area (Å²) in [6, 6.07) is 6.60. The van der Waals surface area contributed by atoms with Gasteiger partial charge in [0.2, 0.25) is 0 Å². The van der Waals surface area contributed by atoms with Crippen molar-refractivity contribution in [3.8, 4) is 0 Å². The van der Waals surface area contributed by atoms with Gasteiger partial charge < -0.3 is 5.73 Å². The van der Waals surface area contributed by atoms with Gasteiger partial charge in [0.25, 0.3) is 10.2 Å². The molecule has 1 rings (SSSR count). The lowest BCUT2D eigenvalue weighted by Gasteiger charge is -2.08. The third kappa shape index (κ3) is 3.76. The second kappa shape index (κ2) is 5.24. The molecule has 0 radical (unpaired) electrons. The molecule has 4 N–H and O–H groups in total. The van der Waals surface area contributed by atoms with Gasteiger partial charge in [0, 0.05) is 12.1 Å². The van der Waals surface area contributed by atoms with Crippen LogP contribution in [0, 0.1) is 0 Å². The highest BCUT2D eigenvalue weighted by Gasteiger charge is 2.08. The zero-order chi connectivity index (χ0) is 12.2. The molecular weight excluding hydrogens is 246 g/mol. The molecule has 0 spiro atoms. The molecule has 1 aromatic rings. The van der Waals surface area contributed by atoms with Gasteiger partial charge in [-0.25, -0.2) is 0 Å². The minimum Gasteiger partial charge on any atom is -0.389 e. The van der Waals surface area contributed by atoms with Crippen molar-refractivity contribution in [1.29, 1.82) is 0 Å². The molecule has 1 aromatic carbocycles. The fourth-order valence-electron chi connectivity index (χ4n) is 1.12.